The van der Waals surface area contributed by atoms with Gasteiger partial charge in [-0.1, -0.05) is 13.0 Å². The Labute approximate surface area is 224 Å². The number of furan rings is 1. The Bertz CT molecular complexity index is 1500. The van der Waals surface area contributed by atoms with Crippen molar-refractivity contribution in [3.63, 3.8) is 0 Å². The molecule has 1 fully saturated rings. The first-order valence-electron chi connectivity index (χ1n) is 12.1. The third kappa shape index (κ3) is 4.85. The van der Waals surface area contributed by atoms with Crippen molar-refractivity contribution in [2.75, 3.05) is 10.2 Å². The van der Waals surface area contributed by atoms with E-state index in [1.54, 1.807) is 18.3 Å². The minimum Gasteiger partial charge on any atom is -0.459 e. The first-order chi connectivity index (χ1) is 18.4. The number of hydrogen-bond acceptors (Lipinski definition) is 6. The fourth-order valence-corrected chi connectivity index (χ4v) is 4.86. The summed E-state index contributed by atoms with van der Waals surface area (Å²) < 4.78 is 6.33. The molecule has 1 saturated heterocycles. The first-order valence-corrected chi connectivity index (χ1v) is 12.5. The van der Waals surface area contributed by atoms with Crippen molar-refractivity contribution >= 4 is 40.3 Å². The molecule has 3 heterocycles. The number of rotatable bonds is 7. The molecule has 1 amide bonds. The molecule has 0 saturated carbocycles. The Kier molecular flexibility index (Phi) is 6.89. The second-order valence-electron chi connectivity index (χ2n) is 8.90. The van der Waals surface area contributed by atoms with Gasteiger partial charge in [0.05, 0.1) is 16.7 Å². The van der Waals surface area contributed by atoms with Gasteiger partial charge in [0.1, 0.15) is 17.6 Å². The predicted octanol–water partition coefficient (Wildman–Crippen LogP) is 6.08. The Balaban J connectivity index is 1.54. The number of pyridine rings is 1. The lowest BCUT2D eigenvalue weighted by molar-refractivity contribution is -0.384. The molecule has 2 aromatic heterocycles. The summed E-state index contributed by atoms with van der Waals surface area (Å²) in [5.41, 5.74) is 4.03. The molecule has 0 radical (unpaired) electrons. The lowest BCUT2D eigenvalue weighted by atomic mass is 10.0. The number of anilines is 2. The van der Waals surface area contributed by atoms with Crippen molar-refractivity contribution in [3.05, 3.63) is 106 Å². The van der Waals surface area contributed by atoms with Gasteiger partial charge in [-0.3, -0.25) is 19.9 Å². The summed E-state index contributed by atoms with van der Waals surface area (Å²) in [6.45, 7) is 3.75. The van der Waals surface area contributed by atoms with Gasteiger partial charge in [0.2, 0.25) is 5.91 Å². The smallest absolute Gasteiger partial charge is 0.269 e. The largest absolute Gasteiger partial charge is 0.459 e. The van der Waals surface area contributed by atoms with E-state index < -0.39 is 4.92 Å². The van der Waals surface area contributed by atoms with E-state index in [0.717, 1.165) is 28.2 Å². The molecule has 0 bridgehead atoms. The van der Waals surface area contributed by atoms with Crippen molar-refractivity contribution in [1.82, 2.24) is 10.3 Å². The number of aromatic nitrogens is 1. The highest BCUT2D eigenvalue weighted by molar-refractivity contribution is 7.80. The molecule has 5 rings (SSSR count). The number of hydrogen-bond donors (Lipinski definition) is 2. The number of nitro benzene ring substituents is 1. The molecule has 38 heavy (non-hydrogen) atoms. The molecule has 0 aliphatic carbocycles. The highest BCUT2D eigenvalue weighted by Gasteiger charge is 2.42. The van der Waals surface area contributed by atoms with Crippen LogP contribution in [0.5, 0.6) is 0 Å². The quantitative estimate of drug-likeness (QED) is 0.169. The van der Waals surface area contributed by atoms with Crippen LogP contribution in [0.4, 0.5) is 17.1 Å². The van der Waals surface area contributed by atoms with E-state index in [1.165, 1.54) is 12.1 Å². The molecule has 10 heteroatoms. The number of nitrogens with one attached hydrogen (secondary N) is 2. The van der Waals surface area contributed by atoms with E-state index >= 15 is 0 Å². The van der Waals surface area contributed by atoms with E-state index in [-0.39, 0.29) is 23.7 Å². The van der Waals surface area contributed by atoms with E-state index in [1.807, 2.05) is 67.3 Å². The van der Waals surface area contributed by atoms with Gasteiger partial charge in [-0.25, -0.2) is 0 Å². The van der Waals surface area contributed by atoms with Crippen LogP contribution in [0.15, 0.2) is 83.4 Å². The van der Waals surface area contributed by atoms with E-state index in [2.05, 4.69) is 15.6 Å². The van der Waals surface area contributed by atoms with Crippen LogP contribution < -0.4 is 15.5 Å². The van der Waals surface area contributed by atoms with Crippen LogP contribution in [0.3, 0.4) is 0 Å². The maximum Gasteiger partial charge on any atom is 0.269 e. The molecule has 192 valence electrons. The number of nitro groups is 1. The van der Waals surface area contributed by atoms with Crippen molar-refractivity contribution in [2.24, 2.45) is 0 Å². The topological polar surface area (TPSA) is 114 Å². The van der Waals surface area contributed by atoms with Gasteiger partial charge >= 0.3 is 0 Å². The third-order valence-electron chi connectivity index (χ3n) is 6.46. The zero-order valence-electron chi connectivity index (χ0n) is 20.8. The Morgan fingerprint density at radius 3 is 2.61 bits per heavy atom. The van der Waals surface area contributed by atoms with Crippen LogP contribution in [0.25, 0.3) is 11.3 Å². The highest BCUT2D eigenvalue weighted by Crippen LogP contribution is 2.43. The maximum atomic E-state index is 11.9. The molecule has 9 nitrogen and oxygen atoms in total. The summed E-state index contributed by atoms with van der Waals surface area (Å²) in [5.74, 6) is 1.19. The third-order valence-corrected chi connectivity index (χ3v) is 6.78. The summed E-state index contributed by atoms with van der Waals surface area (Å²) in [4.78, 5) is 29.1. The van der Waals surface area contributed by atoms with Crippen molar-refractivity contribution < 1.29 is 14.1 Å². The number of carbonyl (C=O) groups is 1. The van der Waals surface area contributed by atoms with E-state index in [9.17, 15) is 14.9 Å². The summed E-state index contributed by atoms with van der Waals surface area (Å²) in [5, 5.41) is 17.9. The summed E-state index contributed by atoms with van der Waals surface area (Å²) in [6.07, 6.45) is 2.13. The van der Waals surface area contributed by atoms with Gasteiger partial charge in [0.15, 0.2) is 5.11 Å². The zero-order valence-corrected chi connectivity index (χ0v) is 21.6. The first kappa shape index (κ1) is 25.1. The SMILES string of the molecule is CCC(=O)Nc1ccc(N2C(=S)N[C@@H](c3ccccn3)[C@H]2c2ccc(-c3ccc([N+](=O)[O-])cc3)o2)cc1C. The molecule has 0 spiro atoms. The number of non-ortho nitro benzene ring substituents is 1. The fraction of sp³-hybridized carbons (Fsp3) is 0.179. The molecule has 2 atom stereocenters. The number of amides is 1. The van der Waals surface area contributed by atoms with Crippen LogP contribution in [-0.4, -0.2) is 20.9 Å². The number of aryl methyl sites for hydroxylation is 1. The van der Waals surface area contributed by atoms with Crippen LogP contribution in [0.2, 0.25) is 0 Å². The molecule has 2 aromatic carbocycles. The summed E-state index contributed by atoms with van der Waals surface area (Å²) >= 11 is 5.79. The molecule has 1 aliphatic rings. The second-order valence-corrected chi connectivity index (χ2v) is 9.29. The lowest BCUT2D eigenvalue weighted by Gasteiger charge is -2.26. The molecule has 0 unspecified atom stereocenters. The van der Waals surface area contributed by atoms with Crippen LogP contribution in [0, 0.1) is 17.0 Å². The van der Waals surface area contributed by atoms with Gasteiger partial charge in [-0.2, -0.15) is 0 Å². The zero-order chi connectivity index (χ0) is 26.8. The highest BCUT2D eigenvalue weighted by atomic mass is 32.1. The molecule has 4 aromatic rings. The molecule has 2 N–H and O–H groups in total. The Morgan fingerprint density at radius 1 is 1.16 bits per heavy atom. The maximum absolute atomic E-state index is 11.9. The number of benzene rings is 2. The fourth-order valence-electron chi connectivity index (χ4n) is 4.51. The van der Waals surface area contributed by atoms with Crippen LogP contribution >= 0.6 is 12.2 Å². The molecular weight excluding hydrogens is 502 g/mol. The molecular formula is C28H25N5O4S. The van der Waals surface area contributed by atoms with Crippen molar-refractivity contribution in [2.45, 2.75) is 32.4 Å². The monoisotopic (exact) mass is 527 g/mol. The minimum atomic E-state index is -0.432. The summed E-state index contributed by atoms with van der Waals surface area (Å²) in [6, 6.07) is 20.8. The normalized spacial score (nSPS) is 16.8. The van der Waals surface area contributed by atoms with Crippen molar-refractivity contribution in [3.8, 4) is 11.3 Å². The van der Waals surface area contributed by atoms with Gasteiger partial charge in [-0.05, 0) is 79.3 Å². The van der Waals surface area contributed by atoms with Crippen LogP contribution in [-0.2, 0) is 4.79 Å². The minimum absolute atomic E-state index is 0.0150. The number of carbonyl (C=O) groups excluding carboxylic acids is 1. The van der Waals surface area contributed by atoms with Crippen molar-refractivity contribution in [1.29, 1.82) is 0 Å². The second kappa shape index (κ2) is 10.4. The van der Waals surface area contributed by atoms with Crippen LogP contribution in [0.1, 0.15) is 42.4 Å². The lowest BCUT2D eigenvalue weighted by Crippen LogP contribution is -2.29. The average molecular weight is 528 g/mol. The Morgan fingerprint density at radius 2 is 1.95 bits per heavy atom. The van der Waals surface area contributed by atoms with Gasteiger partial charge in [0.25, 0.3) is 5.69 Å². The van der Waals surface area contributed by atoms with Gasteiger partial charge in [-0.15, -0.1) is 0 Å². The summed E-state index contributed by atoms with van der Waals surface area (Å²) in [7, 11) is 0. The van der Waals surface area contributed by atoms with Gasteiger partial charge in [0, 0.05) is 41.7 Å². The molecule has 1 aliphatic heterocycles. The predicted molar refractivity (Wildman–Crippen MR) is 149 cm³/mol. The number of thiocarbonyl (C=S) groups is 1. The Hall–Kier alpha value is -4.57. The standard InChI is InChI=1S/C28H25N5O4S/c1-3-25(34)30-21-12-11-20(16-17(21)2)32-27(26(31-28(32)38)22-6-4-5-15-29-22)24-14-13-23(37-24)18-7-9-19(10-8-18)33(35)36/h4-16,26-27H,3H2,1-2H3,(H,30,34)(H,31,38)/t26-,27+/m0/s1. The van der Waals surface area contributed by atoms with Gasteiger partial charge < -0.3 is 20.0 Å². The van der Waals surface area contributed by atoms with E-state index in [0.29, 0.717) is 23.1 Å². The van der Waals surface area contributed by atoms with E-state index in [4.69, 9.17) is 16.6 Å². The average Bonchev–Trinajstić information content (AvgIpc) is 3.55. The number of nitrogens with zero attached hydrogens (tertiary/aromatic N) is 3.